The van der Waals surface area contributed by atoms with Crippen LogP contribution < -0.4 is 0 Å². The third-order valence-electron chi connectivity index (χ3n) is 2.73. The van der Waals surface area contributed by atoms with Crippen LogP contribution in [-0.4, -0.2) is 24.9 Å². The van der Waals surface area contributed by atoms with Gasteiger partial charge in [-0.2, -0.15) is 0 Å². The van der Waals surface area contributed by atoms with Crippen LogP contribution in [0.5, 0.6) is 0 Å². The number of aromatic nitrogens is 1. The fourth-order valence-corrected chi connectivity index (χ4v) is 4.57. The summed E-state index contributed by atoms with van der Waals surface area (Å²) in [6.45, 7) is 0. The van der Waals surface area contributed by atoms with Gasteiger partial charge in [-0.1, -0.05) is 0 Å². The lowest BCUT2D eigenvalue weighted by atomic mass is 10.00. The minimum absolute atomic E-state index is 0.00256. The second-order valence-corrected chi connectivity index (χ2v) is 7.62. The van der Waals surface area contributed by atoms with Crippen LogP contribution in [0.15, 0.2) is 22.9 Å². The summed E-state index contributed by atoms with van der Waals surface area (Å²) in [7, 11) is -2.88. The zero-order valence-corrected chi connectivity index (χ0v) is 11.6. The molecule has 2 rings (SSSR count). The van der Waals surface area contributed by atoms with E-state index in [1.807, 2.05) is 6.07 Å². The molecule has 2 unspecified atom stereocenters. The van der Waals surface area contributed by atoms with Crippen molar-refractivity contribution in [3.8, 4) is 0 Å². The average Bonchev–Trinajstić information content (AvgIpc) is 2.58. The van der Waals surface area contributed by atoms with Gasteiger partial charge < -0.3 is 0 Å². The van der Waals surface area contributed by atoms with Gasteiger partial charge in [0.05, 0.1) is 16.9 Å². The van der Waals surface area contributed by atoms with Crippen molar-refractivity contribution < 1.29 is 8.42 Å². The monoisotopic (exact) mass is 323 g/mol. The first-order valence-corrected chi connectivity index (χ1v) is 7.98. The van der Waals surface area contributed by atoms with Crippen molar-refractivity contribution in [2.24, 2.45) is 5.92 Å². The molecular weight excluding hydrogens is 314 g/mol. The summed E-state index contributed by atoms with van der Waals surface area (Å²) in [6, 6.07) is 1.88. The van der Waals surface area contributed by atoms with E-state index in [-0.39, 0.29) is 22.8 Å². The number of alkyl halides is 1. The lowest BCUT2D eigenvalue weighted by Crippen LogP contribution is -2.10. The molecule has 16 heavy (non-hydrogen) atoms. The lowest BCUT2D eigenvalue weighted by Gasteiger charge is -2.15. The van der Waals surface area contributed by atoms with Crippen LogP contribution >= 0.6 is 27.5 Å². The van der Waals surface area contributed by atoms with Gasteiger partial charge in [0.15, 0.2) is 9.84 Å². The highest BCUT2D eigenvalue weighted by Gasteiger charge is 2.33. The molecule has 3 nitrogen and oxygen atoms in total. The Balaban J connectivity index is 2.17. The first-order chi connectivity index (χ1) is 7.48. The molecule has 0 amide bonds. The Morgan fingerprint density at radius 3 is 2.81 bits per heavy atom. The maximum absolute atomic E-state index is 11.4. The Bertz CT molecular complexity index is 491. The van der Waals surface area contributed by atoms with Crippen LogP contribution in [-0.2, 0) is 9.84 Å². The van der Waals surface area contributed by atoms with E-state index in [0.29, 0.717) is 6.42 Å². The maximum Gasteiger partial charge on any atom is 0.150 e. The molecule has 1 aromatic rings. The molecule has 0 aromatic carbocycles. The van der Waals surface area contributed by atoms with E-state index in [1.165, 1.54) is 0 Å². The number of pyridine rings is 1. The Kier molecular flexibility index (Phi) is 3.56. The number of halogens is 2. The molecule has 88 valence electrons. The standard InChI is InChI=1S/C10H11BrClNO2S/c11-9-3-8(4-13-5-9)10(12)7-1-2-16(14,15)6-7/h3-5,7,10H,1-2,6H2. The van der Waals surface area contributed by atoms with Gasteiger partial charge in [0.1, 0.15) is 0 Å². The third kappa shape index (κ3) is 2.76. The summed E-state index contributed by atoms with van der Waals surface area (Å²) in [5.74, 6) is 0.443. The highest BCUT2D eigenvalue weighted by atomic mass is 79.9. The van der Waals surface area contributed by atoms with E-state index >= 15 is 0 Å². The van der Waals surface area contributed by atoms with Crippen molar-refractivity contribution in [2.45, 2.75) is 11.8 Å². The lowest BCUT2D eigenvalue weighted by molar-refractivity contribution is 0.568. The SMILES string of the molecule is O=S1(=O)CCC(C(Cl)c2cncc(Br)c2)C1. The summed E-state index contributed by atoms with van der Waals surface area (Å²) in [5, 5.41) is -0.276. The minimum Gasteiger partial charge on any atom is -0.263 e. The number of hydrogen-bond donors (Lipinski definition) is 0. The molecule has 0 aliphatic carbocycles. The van der Waals surface area contributed by atoms with Gasteiger partial charge in [0.25, 0.3) is 0 Å². The van der Waals surface area contributed by atoms with Crippen molar-refractivity contribution in [2.75, 3.05) is 11.5 Å². The molecule has 1 aliphatic rings. The van der Waals surface area contributed by atoms with Gasteiger partial charge in [-0.25, -0.2) is 8.42 Å². The van der Waals surface area contributed by atoms with E-state index in [2.05, 4.69) is 20.9 Å². The Labute approximate surface area is 108 Å². The molecule has 1 saturated heterocycles. The van der Waals surface area contributed by atoms with E-state index in [4.69, 9.17) is 11.6 Å². The fourth-order valence-electron chi connectivity index (χ4n) is 1.91. The minimum atomic E-state index is -2.88. The van der Waals surface area contributed by atoms with Crippen LogP contribution in [0.3, 0.4) is 0 Å². The highest BCUT2D eigenvalue weighted by Crippen LogP contribution is 2.36. The predicted molar refractivity (Wildman–Crippen MR) is 67.3 cm³/mol. The molecule has 2 heterocycles. The highest BCUT2D eigenvalue weighted by molar-refractivity contribution is 9.10. The molecule has 6 heteroatoms. The summed E-state index contributed by atoms with van der Waals surface area (Å²) >= 11 is 9.61. The first kappa shape index (κ1) is 12.3. The van der Waals surface area contributed by atoms with Gasteiger partial charge in [-0.15, -0.1) is 11.6 Å². The second kappa shape index (κ2) is 4.63. The molecule has 1 aliphatic heterocycles. The molecule has 2 atom stereocenters. The van der Waals surface area contributed by atoms with Crippen molar-refractivity contribution in [3.63, 3.8) is 0 Å². The number of rotatable bonds is 2. The zero-order valence-electron chi connectivity index (χ0n) is 8.44. The van der Waals surface area contributed by atoms with Gasteiger partial charge in [0, 0.05) is 16.9 Å². The van der Waals surface area contributed by atoms with Crippen LogP contribution in [0.4, 0.5) is 0 Å². The quantitative estimate of drug-likeness (QED) is 0.786. The van der Waals surface area contributed by atoms with E-state index < -0.39 is 9.84 Å². The molecule has 0 N–H and O–H groups in total. The van der Waals surface area contributed by atoms with Gasteiger partial charge in [-0.3, -0.25) is 4.98 Å². The third-order valence-corrected chi connectivity index (χ3v) is 5.56. The fraction of sp³-hybridized carbons (Fsp3) is 0.500. The zero-order chi connectivity index (χ0) is 11.8. The van der Waals surface area contributed by atoms with Gasteiger partial charge >= 0.3 is 0 Å². The topological polar surface area (TPSA) is 47.0 Å². The summed E-state index contributed by atoms with van der Waals surface area (Å²) < 4.78 is 23.6. The molecule has 0 spiro atoms. The van der Waals surface area contributed by atoms with E-state index in [9.17, 15) is 8.42 Å². The predicted octanol–water partition coefficient (Wildman–Crippen LogP) is 2.56. The number of sulfone groups is 1. The molecule has 0 bridgehead atoms. The van der Waals surface area contributed by atoms with Crippen LogP contribution in [0.2, 0.25) is 0 Å². The van der Waals surface area contributed by atoms with Gasteiger partial charge in [-0.05, 0) is 39.9 Å². The second-order valence-electron chi connectivity index (χ2n) is 4.00. The van der Waals surface area contributed by atoms with Crippen molar-refractivity contribution in [3.05, 3.63) is 28.5 Å². The molecule has 1 fully saturated rings. The van der Waals surface area contributed by atoms with Crippen molar-refractivity contribution >= 4 is 37.4 Å². The Hall–Kier alpha value is -0.130. The molecular formula is C10H11BrClNO2S. The van der Waals surface area contributed by atoms with Crippen LogP contribution in [0.25, 0.3) is 0 Å². The summed E-state index contributed by atoms with van der Waals surface area (Å²) in [5.41, 5.74) is 0.873. The normalized spacial score (nSPS) is 25.5. The Morgan fingerprint density at radius 2 is 2.25 bits per heavy atom. The largest absolute Gasteiger partial charge is 0.263 e. The van der Waals surface area contributed by atoms with Crippen molar-refractivity contribution in [1.82, 2.24) is 4.98 Å². The first-order valence-electron chi connectivity index (χ1n) is 4.93. The number of hydrogen-bond acceptors (Lipinski definition) is 3. The average molecular weight is 325 g/mol. The summed E-state index contributed by atoms with van der Waals surface area (Å²) in [4.78, 5) is 4.03. The molecule has 0 saturated carbocycles. The van der Waals surface area contributed by atoms with Gasteiger partial charge in [0.2, 0.25) is 0 Å². The smallest absolute Gasteiger partial charge is 0.150 e. The van der Waals surface area contributed by atoms with Crippen LogP contribution in [0, 0.1) is 5.92 Å². The van der Waals surface area contributed by atoms with E-state index in [0.717, 1.165) is 10.0 Å². The van der Waals surface area contributed by atoms with Crippen LogP contribution in [0.1, 0.15) is 17.4 Å². The van der Waals surface area contributed by atoms with E-state index in [1.54, 1.807) is 12.4 Å². The van der Waals surface area contributed by atoms with Crippen molar-refractivity contribution in [1.29, 1.82) is 0 Å². The number of nitrogens with zero attached hydrogens (tertiary/aromatic N) is 1. The Morgan fingerprint density at radius 1 is 1.50 bits per heavy atom. The molecule has 0 radical (unpaired) electrons. The summed E-state index contributed by atoms with van der Waals surface area (Å²) in [6.07, 6.45) is 4.01. The molecule has 1 aromatic heterocycles. The maximum atomic E-state index is 11.4.